The zero-order valence-corrected chi connectivity index (χ0v) is 11.8. The highest BCUT2D eigenvalue weighted by Crippen LogP contribution is 2.27. The zero-order chi connectivity index (χ0) is 13.2. The van der Waals surface area contributed by atoms with Crippen molar-refractivity contribution in [1.82, 2.24) is 0 Å². The average Bonchev–Trinajstić information content (AvgIpc) is 2.34. The summed E-state index contributed by atoms with van der Waals surface area (Å²) < 4.78 is 6.51. The van der Waals surface area contributed by atoms with Crippen LogP contribution >= 0.6 is 15.9 Å². The molecule has 1 fully saturated rings. The Kier molecular flexibility index (Phi) is 4.04. The highest BCUT2D eigenvalue weighted by molar-refractivity contribution is 9.10. The van der Waals surface area contributed by atoms with Crippen LogP contribution in [0.25, 0.3) is 0 Å². The second-order valence-corrected chi connectivity index (χ2v) is 5.58. The molecule has 1 atom stereocenters. The molecule has 0 radical (unpaired) electrons. The van der Waals surface area contributed by atoms with Gasteiger partial charge in [0.1, 0.15) is 6.61 Å². The lowest BCUT2D eigenvalue weighted by Crippen LogP contribution is -2.53. The number of morpholine rings is 1. The molecule has 1 aromatic rings. The van der Waals surface area contributed by atoms with Gasteiger partial charge in [-0.05, 0) is 31.2 Å². The van der Waals surface area contributed by atoms with Crippen LogP contribution in [-0.2, 0) is 9.53 Å². The Morgan fingerprint density at radius 1 is 1.44 bits per heavy atom. The molecule has 0 aliphatic carbocycles. The molecule has 1 heterocycles. The second kappa shape index (κ2) is 5.38. The third kappa shape index (κ3) is 2.91. The summed E-state index contributed by atoms with van der Waals surface area (Å²) in [6.07, 6.45) is 0.521. The van der Waals surface area contributed by atoms with Gasteiger partial charge in [-0.15, -0.1) is 0 Å². The molecule has 1 unspecified atom stereocenters. The van der Waals surface area contributed by atoms with Crippen LogP contribution in [0.1, 0.15) is 13.3 Å². The van der Waals surface area contributed by atoms with Crippen LogP contribution in [0.5, 0.6) is 0 Å². The minimum absolute atomic E-state index is 0.0484. The fraction of sp³-hybridized carbons (Fsp3) is 0.462. The van der Waals surface area contributed by atoms with Gasteiger partial charge in [-0.25, -0.2) is 0 Å². The van der Waals surface area contributed by atoms with Gasteiger partial charge in [0.2, 0.25) is 0 Å². The molecule has 98 valence electrons. The van der Waals surface area contributed by atoms with Crippen LogP contribution in [0.2, 0.25) is 0 Å². The Bertz CT molecular complexity index is 434. The summed E-state index contributed by atoms with van der Waals surface area (Å²) in [6.45, 7) is 2.50. The summed E-state index contributed by atoms with van der Waals surface area (Å²) in [6, 6.07) is 7.60. The molecule has 1 N–H and O–H groups in total. The summed E-state index contributed by atoms with van der Waals surface area (Å²) in [5.41, 5.74) is 0.381. The van der Waals surface area contributed by atoms with Crippen LogP contribution in [0.3, 0.4) is 0 Å². The minimum Gasteiger partial charge on any atom is -0.396 e. The Morgan fingerprint density at radius 3 is 2.72 bits per heavy atom. The molecule has 1 aliphatic rings. The third-order valence-corrected chi connectivity index (χ3v) is 3.65. The first kappa shape index (κ1) is 13.5. The van der Waals surface area contributed by atoms with E-state index in [9.17, 15) is 4.79 Å². The van der Waals surface area contributed by atoms with Crippen molar-refractivity contribution in [3.8, 4) is 0 Å². The number of benzene rings is 1. The third-order valence-electron chi connectivity index (χ3n) is 3.12. The van der Waals surface area contributed by atoms with Gasteiger partial charge < -0.3 is 14.7 Å². The Balaban J connectivity index is 2.20. The fourth-order valence-corrected chi connectivity index (χ4v) is 2.29. The van der Waals surface area contributed by atoms with Gasteiger partial charge in [0.05, 0.1) is 12.1 Å². The van der Waals surface area contributed by atoms with Crippen molar-refractivity contribution in [3.05, 3.63) is 28.7 Å². The smallest absolute Gasteiger partial charge is 0.253 e. The first-order valence-corrected chi connectivity index (χ1v) is 6.64. The number of halogens is 1. The number of rotatable bonds is 3. The average molecular weight is 314 g/mol. The SMILES string of the molecule is CC1(CCO)CN(c2ccc(Br)cc2)C(=O)CO1. The van der Waals surface area contributed by atoms with Gasteiger partial charge in [0, 0.05) is 23.2 Å². The van der Waals surface area contributed by atoms with Crippen LogP contribution in [0, 0.1) is 0 Å². The lowest BCUT2D eigenvalue weighted by molar-refractivity contribution is -0.138. The van der Waals surface area contributed by atoms with Gasteiger partial charge in [0.25, 0.3) is 5.91 Å². The van der Waals surface area contributed by atoms with E-state index in [0.717, 1.165) is 10.2 Å². The molecule has 0 aromatic heterocycles. The number of carbonyl (C=O) groups is 1. The van der Waals surface area contributed by atoms with E-state index >= 15 is 0 Å². The fourth-order valence-electron chi connectivity index (χ4n) is 2.03. The molecule has 18 heavy (non-hydrogen) atoms. The number of aliphatic hydroxyl groups excluding tert-OH is 1. The number of ether oxygens (including phenoxy) is 1. The van der Waals surface area contributed by atoms with Gasteiger partial charge in [-0.3, -0.25) is 4.79 Å². The van der Waals surface area contributed by atoms with E-state index in [-0.39, 0.29) is 19.1 Å². The van der Waals surface area contributed by atoms with Gasteiger partial charge in [-0.2, -0.15) is 0 Å². The van der Waals surface area contributed by atoms with Crippen molar-refractivity contribution in [2.24, 2.45) is 0 Å². The molecule has 2 rings (SSSR count). The van der Waals surface area contributed by atoms with Crippen LogP contribution in [0.4, 0.5) is 5.69 Å². The number of anilines is 1. The second-order valence-electron chi connectivity index (χ2n) is 4.67. The van der Waals surface area contributed by atoms with Crippen LogP contribution < -0.4 is 4.90 Å². The molecule has 1 aliphatic heterocycles. The van der Waals surface area contributed by atoms with Crippen molar-refractivity contribution in [1.29, 1.82) is 0 Å². The molecule has 1 saturated heterocycles. The van der Waals surface area contributed by atoms with Crippen molar-refractivity contribution < 1.29 is 14.6 Å². The summed E-state index contributed by atoms with van der Waals surface area (Å²) in [4.78, 5) is 13.6. The van der Waals surface area contributed by atoms with E-state index in [1.54, 1.807) is 4.90 Å². The van der Waals surface area contributed by atoms with E-state index in [1.165, 1.54) is 0 Å². The van der Waals surface area contributed by atoms with Gasteiger partial charge in [0.15, 0.2) is 0 Å². The monoisotopic (exact) mass is 313 g/mol. The number of amides is 1. The van der Waals surface area contributed by atoms with Crippen molar-refractivity contribution >= 4 is 27.5 Å². The largest absolute Gasteiger partial charge is 0.396 e. The Morgan fingerprint density at radius 2 is 2.11 bits per heavy atom. The molecule has 1 amide bonds. The van der Waals surface area contributed by atoms with E-state index in [4.69, 9.17) is 9.84 Å². The highest BCUT2D eigenvalue weighted by atomic mass is 79.9. The minimum atomic E-state index is -0.476. The van der Waals surface area contributed by atoms with E-state index in [2.05, 4.69) is 15.9 Å². The number of hydrogen-bond acceptors (Lipinski definition) is 3. The number of aliphatic hydroxyl groups is 1. The maximum absolute atomic E-state index is 11.9. The molecular weight excluding hydrogens is 298 g/mol. The Labute approximate surface area is 115 Å². The normalized spacial score (nSPS) is 24.4. The van der Waals surface area contributed by atoms with Crippen molar-refractivity contribution in [2.75, 3.05) is 24.7 Å². The summed E-state index contributed by atoms with van der Waals surface area (Å²) in [7, 11) is 0. The summed E-state index contributed by atoms with van der Waals surface area (Å²) in [5.74, 6) is -0.0484. The topological polar surface area (TPSA) is 49.8 Å². The molecule has 0 bridgehead atoms. The lowest BCUT2D eigenvalue weighted by Gasteiger charge is -2.40. The van der Waals surface area contributed by atoms with Gasteiger partial charge >= 0.3 is 0 Å². The number of hydrogen-bond donors (Lipinski definition) is 1. The standard InChI is InChI=1S/C13H16BrNO3/c1-13(6-7-16)9-15(12(17)8-18-13)11-4-2-10(14)3-5-11/h2-5,16H,6-9H2,1H3. The van der Waals surface area contributed by atoms with Gasteiger partial charge in [-0.1, -0.05) is 15.9 Å². The van der Waals surface area contributed by atoms with Crippen LogP contribution in [-0.4, -0.2) is 36.4 Å². The molecular formula is C13H16BrNO3. The van der Waals surface area contributed by atoms with E-state index in [0.29, 0.717) is 13.0 Å². The molecule has 0 saturated carbocycles. The quantitative estimate of drug-likeness (QED) is 0.928. The van der Waals surface area contributed by atoms with Crippen molar-refractivity contribution in [3.63, 3.8) is 0 Å². The predicted molar refractivity (Wildman–Crippen MR) is 72.6 cm³/mol. The number of nitrogens with zero attached hydrogens (tertiary/aromatic N) is 1. The summed E-state index contributed by atoms with van der Waals surface area (Å²) >= 11 is 3.37. The summed E-state index contributed by atoms with van der Waals surface area (Å²) in [5, 5.41) is 9.05. The highest BCUT2D eigenvalue weighted by Gasteiger charge is 2.36. The number of carbonyl (C=O) groups excluding carboxylic acids is 1. The first-order chi connectivity index (χ1) is 8.54. The predicted octanol–water partition coefficient (Wildman–Crippen LogP) is 1.95. The van der Waals surface area contributed by atoms with E-state index < -0.39 is 5.60 Å². The van der Waals surface area contributed by atoms with E-state index in [1.807, 2.05) is 31.2 Å². The molecule has 4 nitrogen and oxygen atoms in total. The van der Waals surface area contributed by atoms with Crippen LogP contribution in [0.15, 0.2) is 28.7 Å². The Hall–Kier alpha value is -0.910. The molecule has 0 spiro atoms. The lowest BCUT2D eigenvalue weighted by atomic mass is 9.99. The van der Waals surface area contributed by atoms with Crippen molar-refractivity contribution in [2.45, 2.75) is 18.9 Å². The molecule has 5 heteroatoms. The zero-order valence-electron chi connectivity index (χ0n) is 10.2. The maximum atomic E-state index is 11.9. The molecule has 1 aromatic carbocycles. The maximum Gasteiger partial charge on any atom is 0.253 e. The first-order valence-electron chi connectivity index (χ1n) is 5.85.